The highest BCUT2D eigenvalue weighted by Gasteiger charge is 2.33. The minimum atomic E-state index is -3.35. The highest BCUT2D eigenvalue weighted by atomic mass is 32.2. The lowest BCUT2D eigenvalue weighted by atomic mass is 9.94. The lowest BCUT2D eigenvalue weighted by molar-refractivity contribution is 0.222. The average Bonchev–Trinajstić information content (AvgIpc) is 2.87. The zero-order valence-corrected chi connectivity index (χ0v) is 14.8. The molecule has 1 saturated heterocycles. The van der Waals surface area contributed by atoms with Crippen LogP contribution in [0.2, 0.25) is 0 Å². The lowest BCUT2D eigenvalue weighted by Gasteiger charge is -2.34. The van der Waals surface area contributed by atoms with Gasteiger partial charge in [0.1, 0.15) is 0 Å². The number of nitrogens with zero attached hydrogens (tertiary/aromatic N) is 1. The molecule has 0 amide bonds. The van der Waals surface area contributed by atoms with E-state index in [-0.39, 0.29) is 0 Å². The van der Waals surface area contributed by atoms with E-state index in [0.29, 0.717) is 36.4 Å². The van der Waals surface area contributed by atoms with Gasteiger partial charge in [0.05, 0.1) is 4.90 Å². The van der Waals surface area contributed by atoms with Crippen molar-refractivity contribution in [3.8, 4) is 0 Å². The minimum Gasteiger partial charge on any atom is -0.312 e. The molecule has 2 rings (SSSR count). The van der Waals surface area contributed by atoms with Crippen LogP contribution in [-0.4, -0.2) is 32.4 Å². The Balaban J connectivity index is 2.17. The van der Waals surface area contributed by atoms with Gasteiger partial charge in [0, 0.05) is 24.5 Å². The predicted molar refractivity (Wildman–Crippen MR) is 88.0 cm³/mol. The van der Waals surface area contributed by atoms with Crippen molar-refractivity contribution in [2.45, 2.75) is 45.1 Å². The van der Waals surface area contributed by atoms with Gasteiger partial charge < -0.3 is 5.32 Å². The zero-order chi connectivity index (χ0) is 15.5. The maximum absolute atomic E-state index is 12.9. The van der Waals surface area contributed by atoms with Crippen molar-refractivity contribution in [2.75, 3.05) is 19.6 Å². The molecule has 1 N–H and O–H groups in total. The summed E-state index contributed by atoms with van der Waals surface area (Å²) in [6, 6.07) is 1.76. The van der Waals surface area contributed by atoms with E-state index >= 15 is 0 Å². The van der Waals surface area contributed by atoms with Gasteiger partial charge in [-0.05, 0) is 42.7 Å². The highest BCUT2D eigenvalue weighted by Crippen LogP contribution is 2.30. The zero-order valence-electron chi connectivity index (χ0n) is 13.1. The van der Waals surface area contributed by atoms with Crippen molar-refractivity contribution in [3.05, 3.63) is 16.3 Å². The summed E-state index contributed by atoms with van der Waals surface area (Å²) >= 11 is 1.52. The average molecular weight is 331 g/mol. The summed E-state index contributed by atoms with van der Waals surface area (Å²) in [5, 5.41) is 5.18. The first-order valence-electron chi connectivity index (χ1n) is 7.72. The Bertz CT molecular complexity index is 544. The van der Waals surface area contributed by atoms with Gasteiger partial charge in [-0.15, -0.1) is 11.3 Å². The Morgan fingerprint density at radius 3 is 2.62 bits per heavy atom. The van der Waals surface area contributed by atoms with Crippen LogP contribution >= 0.6 is 11.3 Å². The summed E-state index contributed by atoms with van der Waals surface area (Å²) < 4.78 is 27.5. The summed E-state index contributed by atoms with van der Waals surface area (Å²) in [5.74, 6) is 0.868. The minimum absolute atomic E-state index is 0.434. The van der Waals surface area contributed by atoms with Crippen LogP contribution in [0.15, 0.2) is 16.3 Å². The van der Waals surface area contributed by atoms with Crippen molar-refractivity contribution in [1.29, 1.82) is 0 Å². The van der Waals surface area contributed by atoms with Gasteiger partial charge in [0.25, 0.3) is 0 Å². The first kappa shape index (κ1) is 16.9. The molecular formula is C15H26N2O2S2. The van der Waals surface area contributed by atoms with Crippen molar-refractivity contribution in [3.63, 3.8) is 0 Å². The Kier molecular flexibility index (Phi) is 5.82. The van der Waals surface area contributed by atoms with E-state index in [1.165, 1.54) is 11.3 Å². The molecule has 1 fully saturated rings. The molecule has 2 unspecified atom stereocenters. The molecule has 120 valence electrons. The first-order valence-corrected chi connectivity index (χ1v) is 10.0. The molecule has 4 nitrogen and oxygen atoms in total. The molecule has 2 atom stereocenters. The standard InChI is InChI=1S/C15H26N2O2S2/c1-4-6-16-9-14-15(5-7-20-14)21(18,19)17-10-12(2)8-13(3)11-17/h5,7,12-13,16H,4,6,8-11H2,1-3H3. The number of rotatable bonds is 6. The molecule has 2 heterocycles. The van der Waals surface area contributed by atoms with Crippen molar-refractivity contribution in [2.24, 2.45) is 11.8 Å². The van der Waals surface area contributed by atoms with Gasteiger partial charge >= 0.3 is 0 Å². The number of hydrogen-bond donors (Lipinski definition) is 1. The molecule has 6 heteroatoms. The fourth-order valence-electron chi connectivity index (χ4n) is 3.01. The van der Waals surface area contributed by atoms with Crippen LogP contribution in [0.25, 0.3) is 0 Å². The van der Waals surface area contributed by atoms with E-state index in [9.17, 15) is 8.42 Å². The van der Waals surface area contributed by atoms with Gasteiger partial charge in [-0.3, -0.25) is 0 Å². The molecule has 1 aliphatic heterocycles. The van der Waals surface area contributed by atoms with Crippen LogP contribution in [-0.2, 0) is 16.6 Å². The normalized spacial score (nSPS) is 24.3. The van der Waals surface area contributed by atoms with E-state index in [1.54, 1.807) is 10.4 Å². The second kappa shape index (κ2) is 7.22. The van der Waals surface area contributed by atoms with E-state index in [4.69, 9.17) is 0 Å². The van der Waals surface area contributed by atoms with Gasteiger partial charge in [-0.2, -0.15) is 4.31 Å². The summed E-state index contributed by atoms with van der Waals surface area (Å²) in [6.45, 7) is 9.21. The van der Waals surface area contributed by atoms with Crippen LogP contribution in [0, 0.1) is 11.8 Å². The summed E-state index contributed by atoms with van der Waals surface area (Å²) in [4.78, 5) is 1.42. The SMILES string of the molecule is CCCNCc1sccc1S(=O)(=O)N1CC(C)CC(C)C1. The van der Waals surface area contributed by atoms with Crippen molar-refractivity contribution >= 4 is 21.4 Å². The molecule has 1 aliphatic rings. The van der Waals surface area contributed by atoms with Gasteiger partial charge in [0.15, 0.2) is 0 Å². The quantitative estimate of drug-likeness (QED) is 0.816. The molecule has 0 saturated carbocycles. The molecule has 1 aromatic rings. The number of thiophene rings is 1. The molecule has 0 aliphatic carbocycles. The maximum atomic E-state index is 12.9. The Morgan fingerprint density at radius 2 is 2.00 bits per heavy atom. The predicted octanol–water partition coefficient (Wildman–Crippen LogP) is 2.91. The third kappa shape index (κ3) is 4.06. The van der Waals surface area contributed by atoms with Crippen LogP contribution in [0.5, 0.6) is 0 Å². The van der Waals surface area contributed by atoms with Crippen LogP contribution in [0.4, 0.5) is 0 Å². The molecule has 1 aromatic heterocycles. The maximum Gasteiger partial charge on any atom is 0.244 e. The Morgan fingerprint density at radius 1 is 1.33 bits per heavy atom. The van der Waals surface area contributed by atoms with E-state index in [0.717, 1.165) is 24.3 Å². The van der Waals surface area contributed by atoms with E-state index in [1.807, 2.05) is 5.38 Å². The summed E-state index contributed by atoms with van der Waals surface area (Å²) in [5.41, 5.74) is 0. The molecule has 0 bridgehead atoms. The Hall–Kier alpha value is -0.430. The van der Waals surface area contributed by atoms with Gasteiger partial charge in [0.2, 0.25) is 10.0 Å². The summed E-state index contributed by atoms with van der Waals surface area (Å²) in [7, 11) is -3.35. The molecular weight excluding hydrogens is 304 g/mol. The van der Waals surface area contributed by atoms with Crippen LogP contribution < -0.4 is 5.32 Å². The smallest absolute Gasteiger partial charge is 0.244 e. The Labute approximate surface area is 132 Å². The fourth-order valence-corrected chi connectivity index (χ4v) is 6.07. The van der Waals surface area contributed by atoms with Crippen LogP contribution in [0.1, 0.15) is 38.5 Å². The molecule has 0 radical (unpaired) electrons. The third-order valence-corrected chi connectivity index (χ3v) is 6.84. The third-order valence-electron chi connectivity index (χ3n) is 3.87. The second-order valence-electron chi connectivity index (χ2n) is 6.15. The lowest BCUT2D eigenvalue weighted by Crippen LogP contribution is -2.42. The molecule has 0 spiro atoms. The number of sulfonamides is 1. The van der Waals surface area contributed by atoms with E-state index in [2.05, 4.69) is 26.1 Å². The second-order valence-corrected chi connectivity index (χ2v) is 9.06. The van der Waals surface area contributed by atoms with Crippen molar-refractivity contribution in [1.82, 2.24) is 9.62 Å². The molecule has 21 heavy (non-hydrogen) atoms. The van der Waals surface area contributed by atoms with E-state index < -0.39 is 10.0 Å². The number of nitrogens with one attached hydrogen (secondary N) is 1. The van der Waals surface area contributed by atoms with Crippen LogP contribution in [0.3, 0.4) is 0 Å². The monoisotopic (exact) mass is 330 g/mol. The largest absolute Gasteiger partial charge is 0.312 e. The van der Waals surface area contributed by atoms with Crippen molar-refractivity contribution < 1.29 is 8.42 Å². The molecule has 0 aromatic carbocycles. The fraction of sp³-hybridized carbons (Fsp3) is 0.733. The number of hydrogen-bond acceptors (Lipinski definition) is 4. The summed E-state index contributed by atoms with van der Waals surface area (Å²) in [6.07, 6.45) is 2.16. The van der Waals surface area contributed by atoms with Gasteiger partial charge in [-0.1, -0.05) is 20.8 Å². The first-order chi connectivity index (χ1) is 9.95. The van der Waals surface area contributed by atoms with Gasteiger partial charge in [-0.25, -0.2) is 8.42 Å². The topological polar surface area (TPSA) is 49.4 Å². The highest BCUT2D eigenvalue weighted by molar-refractivity contribution is 7.89. The number of piperidine rings is 1.